The maximum Gasteiger partial charge on any atom is 0.355 e. The highest BCUT2D eigenvalue weighted by Crippen LogP contribution is 2.28. The fourth-order valence-corrected chi connectivity index (χ4v) is 2.63. The Balaban J connectivity index is 2.03. The topological polar surface area (TPSA) is 93.9 Å². The van der Waals surface area contributed by atoms with Gasteiger partial charge >= 0.3 is 5.97 Å². The van der Waals surface area contributed by atoms with E-state index in [1.54, 1.807) is 0 Å². The molecule has 0 bridgehead atoms. The van der Waals surface area contributed by atoms with Gasteiger partial charge in [-0.3, -0.25) is 0 Å². The Bertz CT molecular complexity index is 412. The molecule has 0 spiro atoms. The number of piperidine rings is 1. The molecule has 2 rings (SSSR count). The summed E-state index contributed by atoms with van der Waals surface area (Å²) >= 11 is 1.28. The van der Waals surface area contributed by atoms with Crippen molar-refractivity contribution in [3.63, 3.8) is 0 Å². The van der Waals surface area contributed by atoms with Crippen molar-refractivity contribution >= 4 is 22.4 Å². The largest absolute Gasteiger partial charge is 0.476 e. The fourth-order valence-electron chi connectivity index (χ4n) is 1.78. The number of hydrogen-bond donors (Lipinski definition) is 3. The number of carbonyl (C=O) groups is 1. The van der Waals surface area contributed by atoms with Crippen molar-refractivity contribution in [3.8, 4) is 0 Å². The number of carboxylic acids is 1. The number of nitrogens with zero attached hydrogens (tertiary/aromatic N) is 2. The van der Waals surface area contributed by atoms with Crippen LogP contribution >= 0.6 is 11.3 Å². The molecule has 2 heterocycles. The van der Waals surface area contributed by atoms with E-state index in [1.165, 1.54) is 16.7 Å². The summed E-state index contributed by atoms with van der Waals surface area (Å²) in [5.41, 5.74) is -0.948. The molecule has 1 aromatic rings. The first kappa shape index (κ1) is 12.3. The van der Waals surface area contributed by atoms with Crippen molar-refractivity contribution in [2.45, 2.75) is 18.4 Å². The summed E-state index contributed by atoms with van der Waals surface area (Å²) in [5, 5.41) is 29.8. The number of thiazole rings is 1. The van der Waals surface area contributed by atoms with Gasteiger partial charge in [0.2, 0.25) is 0 Å². The van der Waals surface area contributed by atoms with Crippen LogP contribution in [0.15, 0.2) is 5.38 Å². The van der Waals surface area contributed by atoms with E-state index >= 15 is 0 Å². The lowest BCUT2D eigenvalue weighted by Gasteiger charge is -2.36. The minimum atomic E-state index is -1.03. The van der Waals surface area contributed by atoms with Gasteiger partial charge in [-0.05, 0) is 12.8 Å². The first-order valence-electron chi connectivity index (χ1n) is 5.31. The summed E-state index contributed by atoms with van der Waals surface area (Å²) in [6.45, 7) is 0.909. The standard InChI is InChI=1S/C10H14N2O4S/c13-6-10(16)1-3-12(4-2-10)9-11-7(5-17-9)8(14)15/h5,13,16H,1-4,6H2,(H,14,15). The van der Waals surface area contributed by atoms with Crippen molar-refractivity contribution in [3.05, 3.63) is 11.1 Å². The van der Waals surface area contributed by atoms with Crippen molar-refractivity contribution in [2.75, 3.05) is 24.6 Å². The van der Waals surface area contributed by atoms with Crippen LogP contribution in [0.5, 0.6) is 0 Å². The SMILES string of the molecule is O=C(O)c1csc(N2CCC(O)(CO)CC2)n1. The van der Waals surface area contributed by atoms with Crippen LogP contribution in [-0.2, 0) is 0 Å². The van der Waals surface area contributed by atoms with Crippen molar-refractivity contribution in [1.29, 1.82) is 0 Å². The van der Waals surface area contributed by atoms with Crippen LogP contribution in [0.2, 0.25) is 0 Å². The van der Waals surface area contributed by atoms with E-state index in [1.807, 2.05) is 4.90 Å². The third-order valence-electron chi connectivity index (χ3n) is 2.97. The number of aromatic carboxylic acids is 1. The molecular formula is C10H14N2O4S. The Hall–Kier alpha value is -1.18. The van der Waals surface area contributed by atoms with Gasteiger partial charge in [-0.25, -0.2) is 9.78 Å². The van der Waals surface area contributed by atoms with Gasteiger partial charge in [0.15, 0.2) is 10.8 Å². The zero-order valence-corrected chi connectivity index (χ0v) is 9.98. The van der Waals surface area contributed by atoms with Crippen LogP contribution in [0.1, 0.15) is 23.3 Å². The molecular weight excluding hydrogens is 244 g/mol. The van der Waals surface area contributed by atoms with Gasteiger partial charge in [-0.15, -0.1) is 11.3 Å². The van der Waals surface area contributed by atoms with Gasteiger partial charge in [0.25, 0.3) is 0 Å². The summed E-state index contributed by atoms with van der Waals surface area (Å²) < 4.78 is 0. The Morgan fingerprint density at radius 1 is 1.53 bits per heavy atom. The normalized spacial score (nSPS) is 19.3. The highest BCUT2D eigenvalue weighted by Gasteiger charge is 2.32. The summed E-state index contributed by atoms with van der Waals surface area (Å²) in [6, 6.07) is 0. The number of aliphatic hydroxyl groups excluding tert-OH is 1. The first-order valence-corrected chi connectivity index (χ1v) is 6.19. The molecule has 0 unspecified atom stereocenters. The lowest BCUT2D eigenvalue weighted by atomic mass is 9.93. The second-order valence-corrected chi connectivity index (χ2v) is 5.03. The molecule has 3 N–H and O–H groups in total. The predicted octanol–water partition coefficient (Wildman–Crippen LogP) is 0.165. The first-order chi connectivity index (χ1) is 8.04. The van der Waals surface area contributed by atoms with E-state index in [0.717, 1.165) is 0 Å². The minimum absolute atomic E-state index is 0.0491. The molecule has 1 aliphatic heterocycles. The molecule has 0 aromatic carbocycles. The molecule has 0 radical (unpaired) electrons. The van der Waals surface area contributed by atoms with E-state index in [0.29, 0.717) is 31.1 Å². The maximum atomic E-state index is 10.7. The Morgan fingerprint density at radius 2 is 2.18 bits per heavy atom. The molecule has 0 amide bonds. The van der Waals surface area contributed by atoms with Gasteiger partial charge < -0.3 is 20.2 Å². The molecule has 1 saturated heterocycles. The van der Waals surface area contributed by atoms with Gasteiger partial charge in [0, 0.05) is 18.5 Å². The molecule has 6 nitrogen and oxygen atoms in total. The summed E-state index contributed by atoms with van der Waals surface area (Å²) in [5.74, 6) is -1.03. The predicted molar refractivity (Wildman–Crippen MR) is 62.6 cm³/mol. The fraction of sp³-hybridized carbons (Fsp3) is 0.600. The van der Waals surface area contributed by atoms with E-state index < -0.39 is 11.6 Å². The number of carboxylic acid groups (broad SMARTS) is 1. The highest BCUT2D eigenvalue weighted by atomic mass is 32.1. The second kappa shape index (κ2) is 4.59. The molecule has 1 aromatic heterocycles. The average Bonchev–Trinajstić information content (AvgIpc) is 2.79. The molecule has 0 saturated carbocycles. The molecule has 17 heavy (non-hydrogen) atoms. The number of hydrogen-bond acceptors (Lipinski definition) is 6. The third-order valence-corrected chi connectivity index (χ3v) is 3.87. The van der Waals surface area contributed by atoms with Gasteiger partial charge in [-0.1, -0.05) is 0 Å². The van der Waals surface area contributed by atoms with E-state index in [-0.39, 0.29) is 12.3 Å². The molecule has 1 aliphatic rings. The molecule has 0 atom stereocenters. The average molecular weight is 258 g/mol. The monoisotopic (exact) mass is 258 g/mol. The summed E-state index contributed by atoms with van der Waals surface area (Å²) in [6.07, 6.45) is 0.928. The highest BCUT2D eigenvalue weighted by molar-refractivity contribution is 7.13. The Morgan fingerprint density at radius 3 is 2.65 bits per heavy atom. The van der Waals surface area contributed by atoms with Gasteiger partial charge in [0.05, 0.1) is 12.2 Å². The zero-order valence-electron chi connectivity index (χ0n) is 9.17. The van der Waals surface area contributed by atoms with Crippen molar-refractivity contribution < 1.29 is 20.1 Å². The van der Waals surface area contributed by atoms with Gasteiger partial charge in [0.1, 0.15) is 0 Å². The third kappa shape index (κ3) is 2.56. The van der Waals surface area contributed by atoms with Gasteiger partial charge in [-0.2, -0.15) is 0 Å². The summed E-state index contributed by atoms with van der Waals surface area (Å²) in [4.78, 5) is 16.6. The smallest absolute Gasteiger partial charge is 0.355 e. The summed E-state index contributed by atoms with van der Waals surface area (Å²) in [7, 11) is 0. The van der Waals surface area contributed by atoms with E-state index in [2.05, 4.69) is 4.98 Å². The van der Waals surface area contributed by atoms with Crippen LogP contribution in [0.3, 0.4) is 0 Å². The number of aromatic nitrogens is 1. The lowest BCUT2D eigenvalue weighted by Crippen LogP contribution is -2.46. The van der Waals surface area contributed by atoms with E-state index in [4.69, 9.17) is 10.2 Å². The molecule has 94 valence electrons. The van der Waals surface area contributed by atoms with Crippen molar-refractivity contribution in [2.24, 2.45) is 0 Å². The van der Waals surface area contributed by atoms with Crippen LogP contribution in [0.25, 0.3) is 0 Å². The molecule has 0 aliphatic carbocycles. The minimum Gasteiger partial charge on any atom is -0.476 e. The Kier molecular flexibility index (Phi) is 3.32. The van der Waals surface area contributed by atoms with Crippen LogP contribution in [0, 0.1) is 0 Å². The van der Waals surface area contributed by atoms with E-state index in [9.17, 15) is 9.90 Å². The Labute approximate surface area is 102 Å². The quantitative estimate of drug-likeness (QED) is 0.715. The second-order valence-electron chi connectivity index (χ2n) is 4.19. The molecule has 7 heteroatoms. The van der Waals surface area contributed by atoms with Crippen LogP contribution in [0.4, 0.5) is 5.13 Å². The zero-order chi connectivity index (χ0) is 12.5. The molecule has 1 fully saturated rings. The number of anilines is 1. The van der Waals surface area contributed by atoms with Crippen LogP contribution in [-0.4, -0.2) is 51.6 Å². The van der Waals surface area contributed by atoms with Crippen molar-refractivity contribution in [1.82, 2.24) is 4.98 Å². The number of rotatable bonds is 3. The lowest BCUT2D eigenvalue weighted by molar-refractivity contribution is -0.0325. The number of aliphatic hydroxyl groups is 2. The maximum absolute atomic E-state index is 10.7. The van der Waals surface area contributed by atoms with Crippen LogP contribution < -0.4 is 4.90 Å².